The lowest BCUT2D eigenvalue weighted by Crippen LogP contribution is -1.87. The smallest absolute Gasteiger partial charge is 0.294 e. The molecule has 0 bridgehead atoms. The second kappa shape index (κ2) is 3.59. The van der Waals surface area contributed by atoms with E-state index in [-0.39, 0.29) is 6.01 Å². The van der Waals surface area contributed by atoms with Crippen LogP contribution in [-0.2, 0) is 0 Å². The Labute approximate surface area is 98.1 Å². The molecular weight excluding hydrogens is 214 g/mol. The molecule has 0 unspecified atom stereocenters. The number of hydrogen-bond donors (Lipinski definition) is 1. The molecule has 2 heterocycles. The molecular formula is C13H11N3O. The minimum absolute atomic E-state index is 0.148. The number of nitrogen functional groups attached to an aromatic ring is 1. The molecule has 0 fully saturated rings. The van der Waals surface area contributed by atoms with E-state index in [4.69, 9.17) is 10.2 Å². The van der Waals surface area contributed by atoms with E-state index in [0.717, 1.165) is 16.8 Å². The third-order valence-corrected chi connectivity index (χ3v) is 2.60. The third kappa shape index (κ3) is 1.63. The zero-order valence-corrected chi connectivity index (χ0v) is 9.34. The number of aryl methyl sites for hydroxylation is 1. The highest BCUT2D eigenvalue weighted by atomic mass is 16.4. The van der Waals surface area contributed by atoms with Crippen LogP contribution in [0.15, 0.2) is 40.8 Å². The molecule has 17 heavy (non-hydrogen) atoms. The summed E-state index contributed by atoms with van der Waals surface area (Å²) in [6.45, 7) is 1.92. The van der Waals surface area contributed by atoms with Crippen LogP contribution in [0.2, 0.25) is 0 Å². The SMILES string of the molecule is Cc1cc(-c2ccccc2)c2nc(N)oc2n1. The fourth-order valence-corrected chi connectivity index (χ4v) is 1.89. The minimum atomic E-state index is 0.148. The van der Waals surface area contributed by atoms with E-state index in [1.165, 1.54) is 0 Å². The number of benzene rings is 1. The normalized spacial score (nSPS) is 10.9. The number of nitrogens with two attached hydrogens (primary N) is 1. The van der Waals surface area contributed by atoms with Crippen molar-refractivity contribution in [3.63, 3.8) is 0 Å². The largest absolute Gasteiger partial charge is 0.405 e. The van der Waals surface area contributed by atoms with Crippen LogP contribution in [0.1, 0.15) is 5.69 Å². The van der Waals surface area contributed by atoms with Crippen LogP contribution in [0.25, 0.3) is 22.4 Å². The van der Waals surface area contributed by atoms with Crippen LogP contribution in [0, 0.1) is 6.92 Å². The number of pyridine rings is 1. The molecule has 2 aromatic heterocycles. The molecule has 0 aliphatic rings. The van der Waals surface area contributed by atoms with E-state index in [1.54, 1.807) is 0 Å². The number of fused-ring (bicyclic) bond motifs is 1. The van der Waals surface area contributed by atoms with E-state index in [1.807, 2.05) is 43.3 Å². The first-order valence-electron chi connectivity index (χ1n) is 5.33. The molecule has 0 spiro atoms. The second-order valence-electron chi connectivity index (χ2n) is 3.88. The van der Waals surface area contributed by atoms with Crippen molar-refractivity contribution >= 4 is 17.2 Å². The predicted molar refractivity (Wildman–Crippen MR) is 66.4 cm³/mol. The summed E-state index contributed by atoms with van der Waals surface area (Å²) < 4.78 is 5.27. The van der Waals surface area contributed by atoms with Crippen molar-refractivity contribution < 1.29 is 4.42 Å². The molecule has 4 heteroatoms. The van der Waals surface area contributed by atoms with Crippen LogP contribution >= 0.6 is 0 Å². The van der Waals surface area contributed by atoms with Crippen LogP contribution < -0.4 is 5.73 Å². The molecule has 0 saturated heterocycles. The summed E-state index contributed by atoms with van der Waals surface area (Å²) in [6.07, 6.45) is 0. The first-order chi connectivity index (χ1) is 8.24. The van der Waals surface area contributed by atoms with Gasteiger partial charge in [-0.2, -0.15) is 4.98 Å². The van der Waals surface area contributed by atoms with Crippen molar-refractivity contribution in [1.29, 1.82) is 0 Å². The zero-order chi connectivity index (χ0) is 11.8. The van der Waals surface area contributed by atoms with Crippen molar-refractivity contribution in [1.82, 2.24) is 9.97 Å². The zero-order valence-electron chi connectivity index (χ0n) is 9.34. The van der Waals surface area contributed by atoms with Gasteiger partial charge in [0, 0.05) is 11.3 Å². The Bertz CT molecular complexity index is 674. The van der Waals surface area contributed by atoms with Gasteiger partial charge >= 0.3 is 0 Å². The van der Waals surface area contributed by atoms with Crippen molar-refractivity contribution in [2.24, 2.45) is 0 Å². The number of rotatable bonds is 1. The number of anilines is 1. The summed E-state index contributed by atoms with van der Waals surface area (Å²) in [5, 5.41) is 0. The van der Waals surface area contributed by atoms with Crippen molar-refractivity contribution in [2.45, 2.75) is 6.92 Å². The molecule has 84 valence electrons. The van der Waals surface area contributed by atoms with E-state index < -0.39 is 0 Å². The van der Waals surface area contributed by atoms with Crippen molar-refractivity contribution in [3.05, 3.63) is 42.1 Å². The van der Waals surface area contributed by atoms with Gasteiger partial charge in [-0.1, -0.05) is 30.3 Å². The van der Waals surface area contributed by atoms with Gasteiger partial charge in [-0.05, 0) is 18.6 Å². The van der Waals surface area contributed by atoms with Gasteiger partial charge in [0.05, 0.1) is 0 Å². The molecule has 2 N–H and O–H groups in total. The first kappa shape index (κ1) is 9.84. The first-order valence-corrected chi connectivity index (χ1v) is 5.33. The highest BCUT2D eigenvalue weighted by Gasteiger charge is 2.11. The highest BCUT2D eigenvalue weighted by Crippen LogP contribution is 2.28. The van der Waals surface area contributed by atoms with Crippen LogP contribution in [0.5, 0.6) is 0 Å². The molecule has 0 amide bonds. The highest BCUT2D eigenvalue weighted by molar-refractivity contribution is 5.89. The summed E-state index contributed by atoms with van der Waals surface area (Å²) >= 11 is 0. The van der Waals surface area contributed by atoms with Crippen LogP contribution in [0.3, 0.4) is 0 Å². The molecule has 0 aliphatic carbocycles. The minimum Gasteiger partial charge on any atom is -0.405 e. The Morgan fingerprint density at radius 2 is 1.88 bits per heavy atom. The van der Waals surface area contributed by atoms with Crippen molar-refractivity contribution in [2.75, 3.05) is 5.73 Å². The number of hydrogen-bond acceptors (Lipinski definition) is 4. The molecule has 0 atom stereocenters. The molecule has 1 aromatic carbocycles. The maximum atomic E-state index is 5.57. The maximum absolute atomic E-state index is 5.57. The topological polar surface area (TPSA) is 64.9 Å². The quantitative estimate of drug-likeness (QED) is 0.691. The van der Waals surface area contributed by atoms with Crippen LogP contribution in [0.4, 0.5) is 6.01 Å². The van der Waals surface area contributed by atoms with Gasteiger partial charge in [-0.15, -0.1) is 0 Å². The standard InChI is InChI=1S/C13H11N3O/c1-8-7-10(9-5-3-2-4-6-9)11-12(15-8)17-13(14)16-11/h2-7H,1H3,(H2,14,16). The average molecular weight is 225 g/mol. The molecule has 3 aromatic rings. The fourth-order valence-electron chi connectivity index (χ4n) is 1.89. The number of nitrogens with zero attached hydrogens (tertiary/aromatic N) is 2. The van der Waals surface area contributed by atoms with Crippen molar-refractivity contribution in [3.8, 4) is 11.1 Å². The Kier molecular flexibility index (Phi) is 2.08. The molecule has 0 radical (unpaired) electrons. The summed E-state index contributed by atoms with van der Waals surface area (Å²) in [6, 6.07) is 12.1. The molecule has 4 nitrogen and oxygen atoms in total. The Morgan fingerprint density at radius 3 is 2.65 bits per heavy atom. The molecule has 0 aliphatic heterocycles. The number of aromatic nitrogens is 2. The van der Waals surface area contributed by atoms with E-state index in [2.05, 4.69) is 9.97 Å². The average Bonchev–Trinajstić information content (AvgIpc) is 2.69. The molecule has 3 rings (SSSR count). The Balaban J connectivity index is 2.35. The Morgan fingerprint density at radius 1 is 1.12 bits per heavy atom. The lowest BCUT2D eigenvalue weighted by atomic mass is 10.1. The predicted octanol–water partition coefficient (Wildman–Crippen LogP) is 2.78. The van der Waals surface area contributed by atoms with E-state index in [9.17, 15) is 0 Å². The maximum Gasteiger partial charge on any atom is 0.294 e. The van der Waals surface area contributed by atoms with Gasteiger partial charge in [0.2, 0.25) is 5.71 Å². The van der Waals surface area contributed by atoms with Crippen LogP contribution in [-0.4, -0.2) is 9.97 Å². The van der Waals surface area contributed by atoms with Gasteiger partial charge in [0.1, 0.15) is 5.52 Å². The van der Waals surface area contributed by atoms with Gasteiger partial charge in [-0.3, -0.25) is 0 Å². The molecule has 0 saturated carbocycles. The third-order valence-electron chi connectivity index (χ3n) is 2.60. The van der Waals surface area contributed by atoms with Gasteiger partial charge in [-0.25, -0.2) is 4.98 Å². The summed E-state index contributed by atoms with van der Waals surface area (Å²) in [7, 11) is 0. The fraction of sp³-hybridized carbons (Fsp3) is 0.0769. The summed E-state index contributed by atoms with van der Waals surface area (Å²) in [4.78, 5) is 8.45. The van der Waals surface area contributed by atoms with Gasteiger partial charge in [0.25, 0.3) is 6.01 Å². The number of oxazole rings is 1. The van der Waals surface area contributed by atoms with Gasteiger partial charge < -0.3 is 10.2 Å². The lowest BCUT2D eigenvalue weighted by molar-refractivity contribution is 0.613. The monoisotopic (exact) mass is 225 g/mol. The van der Waals surface area contributed by atoms with E-state index >= 15 is 0 Å². The lowest BCUT2D eigenvalue weighted by Gasteiger charge is -2.02. The van der Waals surface area contributed by atoms with E-state index in [0.29, 0.717) is 11.2 Å². The summed E-state index contributed by atoms with van der Waals surface area (Å²) in [5.74, 6) is 0. The Hall–Kier alpha value is -2.36. The van der Waals surface area contributed by atoms with Gasteiger partial charge in [0.15, 0.2) is 0 Å². The summed E-state index contributed by atoms with van der Waals surface area (Å²) in [5.41, 5.74) is 9.72. The second-order valence-corrected chi connectivity index (χ2v) is 3.88.